The summed E-state index contributed by atoms with van der Waals surface area (Å²) in [4.78, 5) is 44.7. The van der Waals surface area contributed by atoms with Crippen molar-refractivity contribution in [2.75, 3.05) is 40.1 Å². The van der Waals surface area contributed by atoms with Crippen molar-refractivity contribution < 1.29 is 23.5 Å². The number of hydrogen-bond donors (Lipinski definition) is 1. The summed E-state index contributed by atoms with van der Waals surface area (Å²) in [6.07, 6.45) is 0. The van der Waals surface area contributed by atoms with E-state index in [4.69, 9.17) is 10.6 Å². The van der Waals surface area contributed by atoms with Gasteiger partial charge in [-0.2, -0.15) is 0 Å². The molecule has 0 unspecified atom stereocenters. The molecule has 2 aromatic carbocycles. The van der Waals surface area contributed by atoms with Gasteiger partial charge in [0.25, 0.3) is 17.6 Å². The normalized spacial score (nSPS) is 18.0. The molecule has 2 heterocycles. The number of Topliss-reactive ketones (excluding diaryl/α,β-unsaturated/α-hetero) is 1. The lowest BCUT2D eigenvalue weighted by molar-refractivity contribution is -0.124. The number of ketones is 1. The Morgan fingerprint density at radius 3 is 2.34 bits per heavy atom. The Morgan fingerprint density at radius 1 is 1.08 bits per heavy atom. The number of methoxy groups -OCH3 is 1. The zero-order valence-electron chi connectivity index (χ0n) is 22.6. The van der Waals surface area contributed by atoms with Crippen molar-refractivity contribution >= 4 is 28.5 Å². The molecule has 38 heavy (non-hydrogen) atoms. The highest BCUT2D eigenvalue weighted by molar-refractivity contribution is 6.45. The second-order valence-corrected chi connectivity index (χ2v) is 10.1. The molecule has 0 bridgehead atoms. The summed E-state index contributed by atoms with van der Waals surface area (Å²) in [5.74, 6) is 4.69. The maximum absolute atomic E-state index is 13.9. The molecule has 0 spiro atoms. The average Bonchev–Trinajstić information content (AvgIpc) is 3.13. The standard InChI is InChI=1S/C28H34FN5O4/c1-16-14-33(17(2)13-32(16)15-19-7-9-20(29)10-8-19)27(36)22-11-21-23(12-24(22)38-6)34(30)18(3)25(21)26(35)28(37)31(4)5/h7-12,16-17H,13-15,30H2,1-6H3/t16-,17+/m0/s1. The number of nitrogens with zero attached hydrogens (tertiary/aromatic N) is 4. The number of aromatic nitrogens is 1. The molecule has 2 amide bonds. The van der Waals surface area contributed by atoms with Gasteiger partial charge in [0, 0.05) is 63.0 Å². The third-order valence-corrected chi connectivity index (χ3v) is 7.30. The molecule has 2 N–H and O–H groups in total. The molecule has 1 fully saturated rings. The number of hydrogen-bond acceptors (Lipinski definition) is 6. The molecule has 10 heteroatoms. The van der Waals surface area contributed by atoms with Crippen LogP contribution in [0.3, 0.4) is 0 Å². The van der Waals surface area contributed by atoms with Crippen LogP contribution in [0.1, 0.15) is 45.8 Å². The van der Waals surface area contributed by atoms with Crippen LogP contribution in [0.4, 0.5) is 4.39 Å². The molecular formula is C28H34FN5O4. The van der Waals surface area contributed by atoms with Crippen molar-refractivity contribution in [3.05, 3.63) is 64.6 Å². The highest BCUT2D eigenvalue weighted by Gasteiger charge is 2.35. The summed E-state index contributed by atoms with van der Waals surface area (Å²) in [5, 5.41) is 0.421. The van der Waals surface area contributed by atoms with Crippen LogP contribution >= 0.6 is 0 Å². The number of halogens is 1. The van der Waals surface area contributed by atoms with Crippen LogP contribution in [0.15, 0.2) is 36.4 Å². The molecule has 0 aliphatic carbocycles. The average molecular weight is 524 g/mol. The number of ether oxygens (including phenoxy) is 1. The van der Waals surface area contributed by atoms with E-state index in [1.165, 1.54) is 42.9 Å². The molecule has 2 atom stereocenters. The van der Waals surface area contributed by atoms with Gasteiger partial charge in [0.1, 0.15) is 11.6 Å². The first-order valence-electron chi connectivity index (χ1n) is 12.5. The molecular weight excluding hydrogens is 489 g/mol. The lowest BCUT2D eigenvalue weighted by atomic mass is 10.0. The fraction of sp³-hybridized carbons (Fsp3) is 0.393. The topological polar surface area (TPSA) is 101 Å². The summed E-state index contributed by atoms with van der Waals surface area (Å²) in [7, 11) is 4.49. The van der Waals surface area contributed by atoms with E-state index in [0.717, 1.165) is 5.56 Å². The predicted octanol–water partition coefficient (Wildman–Crippen LogP) is 2.82. The number of fused-ring (bicyclic) bond motifs is 1. The number of rotatable bonds is 6. The second-order valence-electron chi connectivity index (χ2n) is 10.1. The first-order valence-corrected chi connectivity index (χ1v) is 12.5. The molecule has 1 saturated heterocycles. The Bertz CT molecular complexity index is 1400. The minimum atomic E-state index is -0.693. The van der Waals surface area contributed by atoms with Gasteiger partial charge in [0.2, 0.25) is 0 Å². The van der Waals surface area contributed by atoms with Crippen molar-refractivity contribution in [1.29, 1.82) is 0 Å². The predicted molar refractivity (Wildman–Crippen MR) is 143 cm³/mol. The Hall–Kier alpha value is -3.92. The van der Waals surface area contributed by atoms with Crippen LogP contribution in [-0.4, -0.2) is 83.4 Å². The number of piperazine rings is 1. The number of amides is 2. The molecule has 1 aliphatic heterocycles. The fourth-order valence-electron chi connectivity index (χ4n) is 5.08. The summed E-state index contributed by atoms with van der Waals surface area (Å²) in [6.45, 7) is 7.46. The van der Waals surface area contributed by atoms with E-state index >= 15 is 0 Å². The van der Waals surface area contributed by atoms with Crippen LogP contribution in [-0.2, 0) is 11.3 Å². The van der Waals surface area contributed by atoms with Gasteiger partial charge in [-0.05, 0) is 44.5 Å². The fourth-order valence-corrected chi connectivity index (χ4v) is 5.08. The first kappa shape index (κ1) is 27.1. The molecule has 0 saturated carbocycles. The zero-order chi connectivity index (χ0) is 27.9. The third kappa shape index (κ3) is 4.83. The monoisotopic (exact) mass is 523 g/mol. The molecule has 0 radical (unpaired) electrons. The van der Waals surface area contributed by atoms with Gasteiger partial charge in [-0.3, -0.25) is 24.0 Å². The van der Waals surface area contributed by atoms with E-state index in [1.807, 2.05) is 6.92 Å². The highest BCUT2D eigenvalue weighted by Crippen LogP contribution is 2.33. The quantitative estimate of drug-likeness (QED) is 0.303. The van der Waals surface area contributed by atoms with Crippen LogP contribution in [0.5, 0.6) is 5.75 Å². The van der Waals surface area contributed by atoms with E-state index in [9.17, 15) is 18.8 Å². The van der Waals surface area contributed by atoms with E-state index in [2.05, 4.69) is 11.8 Å². The van der Waals surface area contributed by atoms with Crippen LogP contribution in [0.25, 0.3) is 10.9 Å². The lowest BCUT2D eigenvalue weighted by Gasteiger charge is -2.44. The highest BCUT2D eigenvalue weighted by atomic mass is 19.1. The Kier molecular flexibility index (Phi) is 7.46. The van der Waals surface area contributed by atoms with Gasteiger partial charge in [-0.1, -0.05) is 12.1 Å². The van der Waals surface area contributed by atoms with Gasteiger partial charge < -0.3 is 20.4 Å². The van der Waals surface area contributed by atoms with Crippen molar-refractivity contribution in [1.82, 2.24) is 19.4 Å². The Labute approximate surface area is 221 Å². The van der Waals surface area contributed by atoms with Gasteiger partial charge in [0.15, 0.2) is 0 Å². The van der Waals surface area contributed by atoms with E-state index in [1.54, 1.807) is 36.1 Å². The Balaban J connectivity index is 1.67. The van der Waals surface area contributed by atoms with Gasteiger partial charge in [0.05, 0.1) is 23.8 Å². The minimum Gasteiger partial charge on any atom is -0.496 e. The van der Waals surface area contributed by atoms with Crippen molar-refractivity contribution in [2.24, 2.45) is 0 Å². The van der Waals surface area contributed by atoms with Gasteiger partial charge in [-0.15, -0.1) is 0 Å². The SMILES string of the molecule is COc1cc2c(cc1C(=O)N1C[C@H](C)N(Cc3ccc(F)cc3)C[C@H]1C)c(C(=O)C(=O)N(C)C)c(C)n2N. The number of likely N-dealkylation sites (N-methyl/N-ethyl adjacent to an activating group) is 1. The number of nitrogens with two attached hydrogens (primary N) is 1. The second kappa shape index (κ2) is 10.4. The van der Waals surface area contributed by atoms with Crippen LogP contribution < -0.4 is 10.6 Å². The van der Waals surface area contributed by atoms with Crippen molar-refractivity contribution in [2.45, 2.75) is 39.4 Å². The number of benzene rings is 2. The number of carbonyl (C=O) groups excluding carboxylic acids is 3. The van der Waals surface area contributed by atoms with Gasteiger partial charge >= 0.3 is 0 Å². The summed E-state index contributed by atoms with van der Waals surface area (Å²) in [6, 6.07) is 9.62. The Morgan fingerprint density at radius 2 is 1.74 bits per heavy atom. The number of carbonyl (C=O) groups is 3. The molecule has 1 aliphatic rings. The van der Waals surface area contributed by atoms with Crippen molar-refractivity contribution in [3.8, 4) is 5.75 Å². The molecule has 3 aromatic rings. The summed E-state index contributed by atoms with van der Waals surface area (Å²) < 4.78 is 20.2. The molecule has 9 nitrogen and oxygen atoms in total. The van der Waals surface area contributed by atoms with E-state index in [-0.39, 0.29) is 29.4 Å². The molecule has 202 valence electrons. The van der Waals surface area contributed by atoms with E-state index in [0.29, 0.717) is 47.5 Å². The third-order valence-electron chi connectivity index (χ3n) is 7.30. The van der Waals surface area contributed by atoms with Crippen LogP contribution in [0, 0.1) is 12.7 Å². The largest absolute Gasteiger partial charge is 0.496 e. The van der Waals surface area contributed by atoms with Gasteiger partial charge in [-0.25, -0.2) is 4.39 Å². The first-order chi connectivity index (χ1) is 17.9. The minimum absolute atomic E-state index is 0.0529. The maximum atomic E-state index is 13.9. The summed E-state index contributed by atoms with van der Waals surface area (Å²) in [5.41, 5.74) is 2.37. The maximum Gasteiger partial charge on any atom is 0.294 e. The summed E-state index contributed by atoms with van der Waals surface area (Å²) >= 11 is 0. The molecule has 4 rings (SSSR count). The van der Waals surface area contributed by atoms with Crippen molar-refractivity contribution in [3.63, 3.8) is 0 Å². The smallest absolute Gasteiger partial charge is 0.294 e. The lowest BCUT2D eigenvalue weighted by Crippen LogP contribution is -2.57. The number of nitrogen functional groups attached to an aromatic ring is 1. The van der Waals surface area contributed by atoms with E-state index < -0.39 is 11.7 Å². The molecule has 1 aromatic heterocycles. The zero-order valence-corrected chi connectivity index (χ0v) is 22.6. The van der Waals surface area contributed by atoms with Crippen LogP contribution in [0.2, 0.25) is 0 Å².